The second-order valence-corrected chi connectivity index (χ2v) is 6.18. The van der Waals surface area contributed by atoms with Crippen molar-refractivity contribution in [2.24, 2.45) is 0 Å². The zero-order chi connectivity index (χ0) is 16.1. The Kier molecular flexibility index (Phi) is 4.91. The number of pyridine rings is 1. The first-order valence-corrected chi connectivity index (χ1v) is 8.27. The van der Waals surface area contributed by atoms with Crippen LogP contribution in [0.5, 0.6) is 0 Å². The summed E-state index contributed by atoms with van der Waals surface area (Å²) < 4.78 is 0. The molecule has 0 saturated carbocycles. The predicted octanol–water partition coefficient (Wildman–Crippen LogP) is 3.81. The Balaban J connectivity index is 1.55. The molecule has 1 amide bonds. The van der Waals surface area contributed by atoms with Gasteiger partial charge in [-0.15, -0.1) is 0 Å². The second-order valence-electron chi connectivity index (χ2n) is 6.18. The molecule has 1 aromatic carbocycles. The van der Waals surface area contributed by atoms with Gasteiger partial charge in [0, 0.05) is 43.3 Å². The molecule has 1 unspecified atom stereocenters. The molecule has 0 spiro atoms. The minimum Gasteiger partial charge on any atom is -0.372 e. The van der Waals surface area contributed by atoms with Crippen LogP contribution in [0.15, 0.2) is 48.8 Å². The van der Waals surface area contributed by atoms with Gasteiger partial charge >= 0.3 is 0 Å². The Hall–Kier alpha value is -2.36. The van der Waals surface area contributed by atoms with Gasteiger partial charge in [-0.2, -0.15) is 0 Å². The maximum absolute atomic E-state index is 12.2. The molecule has 0 aliphatic carbocycles. The van der Waals surface area contributed by atoms with E-state index in [-0.39, 0.29) is 11.8 Å². The van der Waals surface area contributed by atoms with Crippen molar-refractivity contribution in [2.45, 2.75) is 32.1 Å². The van der Waals surface area contributed by atoms with Crippen molar-refractivity contribution in [3.05, 3.63) is 54.4 Å². The van der Waals surface area contributed by atoms with Gasteiger partial charge in [0.2, 0.25) is 5.91 Å². The molecule has 1 N–H and O–H groups in total. The standard InChI is InChI=1S/C19H23N3O/c1-15(16-5-4-10-20-14-16)13-19(23)21-17-6-8-18(9-7-17)22-11-2-3-12-22/h4-10,14-15H,2-3,11-13H2,1H3,(H,21,23). The van der Waals surface area contributed by atoms with Crippen molar-refractivity contribution < 1.29 is 4.79 Å². The Labute approximate surface area is 137 Å². The number of nitrogens with one attached hydrogen (secondary N) is 1. The average molecular weight is 309 g/mol. The van der Waals surface area contributed by atoms with Crippen LogP contribution in [-0.4, -0.2) is 24.0 Å². The van der Waals surface area contributed by atoms with Crippen LogP contribution in [0.2, 0.25) is 0 Å². The maximum atomic E-state index is 12.2. The van der Waals surface area contributed by atoms with E-state index in [1.165, 1.54) is 18.5 Å². The molecule has 120 valence electrons. The van der Waals surface area contributed by atoms with Gasteiger partial charge in [-0.05, 0) is 54.7 Å². The molecule has 1 saturated heterocycles. The number of carbonyl (C=O) groups is 1. The number of aromatic nitrogens is 1. The zero-order valence-electron chi connectivity index (χ0n) is 13.5. The van der Waals surface area contributed by atoms with E-state index >= 15 is 0 Å². The Morgan fingerprint density at radius 1 is 1.22 bits per heavy atom. The highest BCUT2D eigenvalue weighted by molar-refractivity contribution is 5.91. The lowest BCUT2D eigenvalue weighted by Gasteiger charge is -2.18. The summed E-state index contributed by atoms with van der Waals surface area (Å²) in [4.78, 5) is 18.7. The van der Waals surface area contributed by atoms with E-state index in [0.29, 0.717) is 6.42 Å². The summed E-state index contributed by atoms with van der Waals surface area (Å²) in [6.07, 6.45) is 6.57. The normalized spacial score (nSPS) is 15.4. The minimum absolute atomic E-state index is 0.0373. The molecule has 3 rings (SSSR count). The van der Waals surface area contributed by atoms with Crippen LogP contribution >= 0.6 is 0 Å². The maximum Gasteiger partial charge on any atom is 0.224 e. The number of benzene rings is 1. The lowest BCUT2D eigenvalue weighted by atomic mass is 9.99. The number of hydrogen-bond donors (Lipinski definition) is 1. The van der Waals surface area contributed by atoms with Gasteiger partial charge in [0.1, 0.15) is 0 Å². The van der Waals surface area contributed by atoms with Crippen molar-refractivity contribution in [3.8, 4) is 0 Å². The third kappa shape index (κ3) is 4.09. The first-order valence-electron chi connectivity index (χ1n) is 8.27. The molecule has 1 atom stereocenters. The third-order valence-electron chi connectivity index (χ3n) is 4.37. The van der Waals surface area contributed by atoms with Crippen molar-refractivity contribution in [2.75, 3.05) is 23.3 Å². The van der Waals surface area contributed by atoms with Gasteiger partial charge in [-0.3, -0.25) is 9.78 Å². The van der Waals surface area contributed by atoms with Gasteiger partial charge in [-0.25, -0.2) is 0 Å². The lowest BCUT2D eigenvalue weighted by molar-refractivity contribution is -0.116. The summed E-state index contributed by atoms with van der Waals surface area (Å²) in [5.41, 5.74) is 3.19. The van der Waals surface area contributed by atoms with Crippen LogP contribution in [0.25, 0.3) is 0 Å². The summed E-state index contributed by atoms with van der Waals surface area (Å²) in [7, 11) is 0. The van der Waals surface area contributed by atoms with Gasteiger partial charge in [0.15, 0.2) is 0 Å². The second kappa shape index (κ2) is 7.27. The number of nitrogens with zero attached hydrogens (tertiary/aromatic N) is 2. The SMILES string of the molecule is CC(CC(=O)Nc1ccc(N2CCCC2)cc1)c1cccnc1. The van der Waals surface area contributed by atoms with E-state index in [4.69, 9.17) is 0 Å². The van der Waals surface area contributed by atoms with E-state index in [0.717, 1.165) is 24.3 Å². The van der Waals surface area contributed by atoms with Crippen molar-refractivity contribution in [3.63, 3.8) is 0 Å². The molecule has 4 nitrogen and oxygen atoms in total. The van der Waals surface area contributed by atoms with Gasteiger partial charge in [-0.1, -0.05) is 13.0 Å². The van der Waals surface area contributed by atoms with Gasteiger partial charge < -0.3 is 10.2 Å². The summed E-state index contributed by atoms with van der Waals surface area (Å²) >= 11 is 0. The van der Waals surface area contributed by atoms with Crippen molar-refractivity contribution in [1.82, 2.24) is 4.98 Å². The molecule has 1 aromatic heterocycles. The Morgan fingerprint density at radius 2 is 1.96 bits per heavy atom. The topological polar surface area (TPSA) is 45.2 Å². The van der Waals surface area contributed by atoms with E-state index in [9.17, 15) is 4.79 Å². The van der Waals surface area contributed by atoms with Crippen LogP contribution in [0.4, 0.5) is 11.4 Å². The summed E-state index contributed by atoms with van der Waals surface area (Å²) in [6, 6.07) is 12.1. The molecule has 4 heteroatoms. The quantitative estimate of drug-likeness (QED) is 0.913. The van der Waals surface area contributed by atoms with Crippen LogP contribution in [-0.2, 0) is 4.79 Å². The van der Waals surface area contributed by atoms with Crippen LogP contribution in [0, 0.1) is 0 Å². The van der Waals surface area contributed by atoms with Crippen LogP contribution < -0.4 is 10.2 Å². The molecule has 0 radical (unpaired) electrons. The highest BCUT2D eigenvalue weighted by Crippen LogP contribution is 2.23. The smallest absolute Gasteiger partial charge is 0.224 e. The first kappa shape index (κ1) is 15.5. The molecule has 23 heavy (non-hydrogen) atoms. The molecule has 1 fully saturated rings. The summed E-state index contributed by atoms with van der Waals surface area (Å²) in [5, 5.41) is 2.98. The lowest BCUT2D eigenvalue weighted by Crippen LogP contribution is -2.18. The summed E-state index contributed by atoms with van der Waals surface area (Å²) in [5.74, 6) is 0.197. The van der Waals surface area contributed by atoms with Crippen molar-refractivity contribution >= 4 is 17.3 Å². The fraction of sp³-hybridized carbons (Fsp3) is 0.368. The predicted molar refractivity (Wildman–Crippen MR) is 93.8 cm³/mol. The fourth-order valence-electron chi connectivity index (χ4n) is 3.01. The van der Waals surface area contributed by atoms with Gasteiger partial charge in [0.05, 0.1) is 0 Å². The Bertz CT molecular complexity index is 633. The highest BCUT2D eigenvalue weighted by atomic mass is 16.1. The molecule has 2 aromatic rings. The van der Waals surface area contributed by atoms with E-state index < -0.39 is 0 Å². The Morgan fingerprint density at radius 3 is 2.61 bits per heavy atom. The van der Waals surface area contributed by atoms with Crippen LogP contribution in [0.1, 0.15) is 37.7 Å². The number of hydrogen-bond acceptors (Lipinski definition) is 3. The molecule has 2 heterocycles. The molecular weight excluding hydrogens is 286 g/mol. The van der Waals surface area contributed by atoms with Crippen molar-refractivity contribution in [1.29, 1.82) is 0 Å². The number of amides is 1. The zero-order valence-corrected chi connectivity index (χ0v) is 13.5. The van der Waals surface area contributed by atoms with E-state index in [1.54, 1.807) is 6.20 Å². The molecule has 0 bridgehead atoms. The van der Waals surface area contributed by atoms with Gasteiger partial charge in [0.25, 0.3) is 0 Å². The molecule has 1 aliphatic heterocycles. The molecular formula is C19H23N3O. The largest absolute Gasteiger partial charge is 0.372 e. The van der Waals surface area contributed by atoms with E-state index in [1.807, 2.05) is 37.4 Å². The number of anilines is 2. The summed E-state index contributed by atoms with van der Waals surface area (Å²) in [6.45, 7) is 4.32. The first-order chi connectivity index (χ1) is 11.2. The monoisotopic (exact) mass is 309 g/mol. The van der Waals surface area contributed by atoms with Crippen LogP contribution in [0.3, 0.4) is 0 Å². The average Bonchev–Trinajstić information content (AvgIpc) is 3.11. The fourth-order valence-corrected chi connectivity index (χ4v) is 3.01. The third-order valence-corrected chi connectivity index (χ3v) is 4.37. The number of rotatable bonds is 5. The minimum atomic E-state index is 0.0373. The number of carbonyl (C=O) groups excluding carboxylic acids is 1. The molecule has 1 aliphatic rings. The van der Waals surface area contributed by atoms with E-state index in [2.05, 4.69) is 27.3 Å². The highest BCUT2D eigenvalue weighted by Gasteiger charge is 2.13.